The van der Waals surface area contributed by atoms with Gasteiger partial charge in [0.05, 0.1) is 19.3 Å². The second kappa shape index (κ2) is 6.43. The molecule has 0 aliphatic carbocycles. The zero-order valence-corrected chi connectivity index (χ0v) is 12.2. The van der Waals surface area contributed by atoms with Gasteiger partial charge in [-0.15, -0.1) is 0 Å². The Balaban J connectivity index is 1.93. The summed E-state index contributed by atoms with van der Waals surface area (Å²) in [5.41, 5.74) is 0. The molecule has 0 aromatic carbocycles. The van der Waals surface area contributed by atoms with E-state index in [-0.39, 0.29) is 18.7 Å². The van der Waals surface area contributed by atoms with Gasteiger partial charge in [-0.1, -0.05) is 13.3 Å². The number of ether oxygens (including phenoxy) is 1. The summed E-state index contributed by atoms with van der Waals surface area (Å²) in [5, 5.41) is 9.16. The van der Waals surface area contributed by atoms with Gasteiger partial charge in [-0.2, -0.15) is 0 Å². The molecule has 1 N–H and O–H groups in total. The molecule has 2 aliphatic heterocycles. The quantitative estimate of drug-likeness (QED) is 0.843. The lowest BCUT2D eigenvalue weighted by Gasteiger charge is -2.30. The maximum Gasteiger partial charge on any atom is 0.320 e. The Morgan fingerprint density at radius 3 is 2.80 bits per heavy atom. The molecule has 0 saturated carbocycles. The number of carbonyl (C=O) groups excluding carboxylic acids is 1. The van der Waals surface area contributed by atoms with Crippen molar-refractivity contribution in [2.75, 3.05) is 33.4 Å². The molecule has 0 bridgehead atoms. The number of hydrogen-bond donors (Lipinski definition) is 1. The minimum Gasteiger partial charge on any atom is -0.481 e. The molecule has 114 valence electrons. The summed E-state index contributed by atoms with van der Waals surface area (Å²) >= 11 is 0. The Morgan fingerprint density at radius 2 is 2.15 bits per heavy atom. The van der Waals surface area contributed by atoms with E-state index in [0.717, 1.165) is 32.4 Å². The van der Waals surface area contributed by atoms with Crippen molar-refractivity contribution in [3.05, 3.63) is 0 Å². The molecule has 2 heterocycles. The van der Waals surface area contributed by atoms with Crippen molar-refractivity contribution < 1.29 is 19.4 Å². The highest BCUT2D eigenvalue weighted by atomic mass is 16.5. The average molecular weight is 284 g/mol. The molecular weight excluding hydrogens is 260 g/mol. The molecule has 2 rings (SSSR count). The lowest BCUT2D eigenvalue weighted by Crippen LogP contribution is -2.49. The first kappa shape index (κ1) is 15.1. The molecule has 0 aromatic rings. The predicted octanol–water partition coefficient (Wildman–Crippen LogP) is 1.26. The van der Waals surface area contributed by atoms with Crippen molar-refractivity contribution in [2.45, 2.75) is 32.2 Å². The van der Waals surface area contributed by atoms with Crippen LogP contribution in [0.15, 0.2) is 0 Å². The van der Waals surface area contributed by atoms with Gasteiger partial charge in [0.25, 0.3) is 0 Å². The zero-order chi connectivity index (χ0) is 14.7. The third-order valence-corrected chi connectivity index (χ3v) is 4.42. The lowest BCUT2D eigenvalue weighted by molar-refractivity contribution is -0.142. The number of likely N-dealkylation sites (N-methyl/N-ethyl adjacent to an activating group) is 1. The number of amides is 2. The van der Waals surface area contributed by atoms with Gasteiger partial charge in [-0.3, -0.25) is 4.79 Å². The van der Waals surface area contributed by atoms with E-state index in [0.29, 0.717) is 12.5 Å². The predicted molar refractivity (Wildman–Crippen MR) is 73.5 cm³/mol. The molecule has 0 radical (unpaired) electrons. The fourth-order valence-electron chi connectivity index (χ4n) is 3.18. The largest absolute Gasteiger partial charge is 0.481 e. The summed E-state index contributed by atoms with van der Waals surface area (Å²) in [6, 6.07) is -0.421. The monoisotopic (exact) mass is 284 g/mol. The summed E-state index contributed by atoms with van der Waals surface area (Å²) in [6.07, 6.45) is 3.34. The van der Waals surface area contributed by atoms with E-state index in [1.54, 1.807) is 11.9 Å². The molecular formula is C14H24N2O4. The molecule has 0 aromatic heterocycles. The number of carboxylic acid groups (broad SMARTS) is 1. The number of urea groups is 1. The first-order chi connectivity index (χ1) is 9.54. The van der Waals surface area contributed by atoms with Gasteiger partial charge in [-0.25, -0.2) is 4.79 Å². The molecule has 2 amide bonds. The number of carbonyl (C=O) groups is 2. The average Bonchev–Trinajstić information content (AvgIpc) is 3.06. The maximum atomic E-state index is 12.5. The Hall–Kier alpha value is -1.30. The number of likely N-dealkylation sites (tertiary alicyclic amines) is 1. The third kappa shape index (κ3) is 3.06. The van der Waals surface area contributed by atoms with Crippen LogP contribution in [-0.2, 0) is 9.53 Å². The number of rotatable bonds is 4. The highest BCUT2D eigenvalue weighted by Crippen LogP contribution is 2.24. The molecule has 2 fully saturated rings. The third-order valence-electron chi connectivity index (χ3n) is 4.42. The van der Waals surface area contributed by atoms with Gasteiger partial charge in [0.15, 0.2) is 0 Å². The van der Waals surface area contributed by atoms with Gasteiger partial charge in [-0.05, 0) is 18.8 Å². The maximum absolute atomic E-state index is 12.5. The van der Waals surface area contributed by atoms with Crippen molar-refractivity contribution in [2.24, 2.45) is 11.8 Å². The summed E-state index contributed by atoms with van der Waals surface area (Å²) in [4.78, 5) is 27.0. The Bertz CT molecular complexity index is 374. The highest BCUT2D eigenvalue weighted by Gasteiger charge is 2.40. The lowest BCUT2D eigenvalue weighted by atomic mass is 10.0. The van der Waals surface area contributed by atoms with Crippen LogP contribution in [0.5, 0.6) is 0 Å². The van der Waals surface area contributed by atoms with Gasteiger partial charge in [0.2, 0.25) is 0 Å². The SMILES string of the molecule is CCCC1CCN(C(=O)N(C)C2COCC2C(=O)O)C1. The first-order valence-corrected chi connectivity index (χ1v) is 7.36. The van der Waals surface area contributed by atoms with Crippen LogP contribution in [0.3, 0.4) is 0 Å². The molecule has 2 saturated heterocycles. The number of hydrogen-bond acceptors (Lipinski definition) is 3. The van der Waals surface area contributed by atoms with Gasteiger partial charge >= 0.3 is 12.0 Å². The van der Waals surface area contributed by atoms with E-state index in [1.807, 2.05) is 4.90 Å². The van der Waals surface area contributed by atoms with Crippen molar-refractivity contribution in [1.82, 2.24) is 9.80 Å². The van der Waals surface area contributed by atoms with Crippen LogP contribution in [0.2, 0.25) is 0 Å². The van der Waals surface area contributed by atoms with E-state index >= 15 is 0 Å². The van der Waals surface area contributed by atoms with Crippen molar-refractivity contribution >= 4 is 12.0 Å². The number of carboxylic acids is 1. The molecule has 20 heavy (non-hydrogen) atoms. The fourth-order valence-corrected chi connectivity index (χ4v) is 3.18. The molecule has 3 unspecified atom stereocenters. The van der Waals surface area contributed by atoms with Crippen molar-refractivity contribution in [3.8, 4) is 0 Å². The number of aliphatic carboxylic acids is 1. The van der Waals surface area contributed by atoms with E-state index < -0.39 is 11.9 Å². The van der Waals surface area contributed by atoms with E-state index in [2.05, 4.69) is 6.92 Å². The van der Waals surface area contributed by atoms with E-state index in [4.69, 9.17) is 9.84 Å². The Labute approximate surface area is 119 Å². The topological polar surface area (TPSA) is 70.1 Å². The smallest absolute Gasteiger partial charge is 0.320 e. The first-order valence-electron chi connectivity index (χ1n) is 7.36. The van der Waals surface area contributed by atoms with Crippen molar-refractivity contribution in [1.29, 1.82) is 0 Å². The highest BCUT2D eigenvalue weighted by molar-refractivity contribution is 5.77. The zero-order valence-electron chi connectivity index (χ0n) is 12.2. The van der Waals surface area contributed by atoms with Gasteiger partial charge in [0.1, 0.15) is 5.92 Å². The summed E-state index contributed by atoms with van der Waals surface area (Å²) in [5.74, 6) is -0.914. The summed E-state index contributed by atoms with van der Waals surface area (Å²) < 4.78 is 5.23. The second-order valence-electron chi connectivity index (χ2n) is 5.83. The second-order valence-corrected chi connectivity index (χ2v) is 5.83. The normalized spacial score (nSPS) is 29.7. The Kier molecular flexibility index (Phi) is 4.86. The van der Waals surface area contributed by atoms with Crippen LogP contribution in [0.4, 0.5) is 4.79 Å². The van der Waals surface area contributed by atoms with Gasteiger partial charge < -0.3 is 19.6 Å². The standard InChI is InChI=1S/C14H24N2O4/c1-3-4-10-5-6-16(7-10)14(19)15(2)12-9-20-8-11(12)13(17)18/h10-12H,3-9H2,1-2H3,(H,17,18). The molecule has 6 heteroatoms. The molecule has 3 atom stereocenters. The van der Waals surface area contributed by atoms with Crippen LogP contribution in [0.25, 0.3) is 0 Å². The summed E-state index contributed by atoms with van der Waals surface area (Å²) in [7, 11) is 1.69. The summed E-state index contributed by atoms with van der Waals surface area (Å²) in [6.45, 7) is 4.23. The molecule has 6 nitrogen and oxygen atoms in total. The minimum absolute atomic E-state index is 0.0645. The Morgan fingerprint density at radius 1 is 1.40 bits per heavy atom. The van der Waals surface area contributed by atoms with Crippen LogP contribution >= 0.6 is 0 Å². The number of nitrogens with zero attached hydrogens (tertiary/aromatic N) is 2. The van der Waals surface area contributed by atoms with Crippen LogP contribution in [-0.4, -0.2) is 66.3 Å². The van der Waals surface area contributed by atoms with Crippen molar-refractivity contribution in [3.63, 3.8) is 0 Å². The fraction of sp³-hybridized carbons (Fsp3) is 0.857. The minimum atomic E-state index is -0.891. The van der Waals surface area contributed by atoms with E-state index in [1.165, 1.54) is 0 Å². The van der Waals surface area contributed by atoms with Gasteiger partial charge in [0, 0.05) is 20.1 Å². The molecule has 2 aliphatic rings. The molecule has 0 spiro atoms. The van der Waals surface area contributed by atoms with Crippen LogP contribution in [0.1, 0.15) is 26.2 Å². The van der Waals surface area contributed by atoms with Crippen LogP contribution < -0.4 is 0 Å². The van der Waals surface area contributed by atoms with Crippen LogP contribution in [0, 0.1) is 11.8 Å². The van der Waals surface area contributed by atoms with E-state index in [9.17, 15) is 9.59 Å².